The van der Waals surface area contributed by atoms with Gasteiger partial charge in [0.1, 0.15) is 0 Å². The van der Waals surface area contributed by atoms with Crippen molar-refractivity contribution < 1.29 is 0 Å². The van der Waals surface area contributed by atoms with Gasteiger partial charge in [-0.15, -0.1) is 0 Å². The standard InChI is InChI=1S/C15H19N3OS/c1-11-13(10-12-6-3-2-4-7-12)14(19)18-15(17-11)20-9-5-8-16/h2-4,6-7H,5,8-10,16H2,1H3,(H,17,18,19). The molecule has 0 spiro atoms. The van der Waals surface area contributed by atoms with E-state index in [2.05, 4.69) is 9.97 Å². The Hall–Kier alpha value is -1.59. The number of hydrogen-bond acceptors (Lipinski definition) is 4. The second kappa shape index (κ2) is 7.26. The molecule has 0 unspecified atom stereocenters. The summed E-state index contributed by atoms with van der Waals surface area (Å²) in [5.74, 6) is 0.872. The van der Waals surface area contributed by atoms with Gasteiger partial charge in [0.15, 0.2) is 5.16 Å². The van der Waals surface area contributed by atoms with Gasteiger partial charge in [-0.1, -0.05) is 42.1 Å². The van der Waals surface area contributed by atoms with Crippen LogP contribution in [0.15, 0.2) is 40.3 Å². The first-order valence-electron chi connectivity index (χ1n) is 6.67. The highest BCUT2D eigenvalue weighted by Crippen LogP contribution is 2.15. The molecule has 1 aromatic heterocycles. The Labute approximate surface area is 122 Å². The number of nitrogens with one attached hydrogen (secondary N) is 1. The Morgan fingerprint density at radius 2 is 2.05 bits per heavy atom. The number of aromatic amines is 1. The molecule has 0 radical (unpaired) electrons. The number of nitrogens with two attached hydrogens (primary N) is 1. The molecule has 0 aliphatic heterocycles. The van der Waals surface area contributed by atoms with E-state index in [0.717, 1.165) is 29.0 Å². The van der Waals surface area contributed by atoms with Gasteiger partial charge in [0.05, 0.1) is 0 Å². The average molecular weight is 289 g/mol. The molecule has 0 fully saturated rings. The third-order valence-electron chi connectivity index (χ3n) is 3.01. The number of nitrogens with zero attached hydrogens (tertiary/aromatic N) is 1. The van der Waals surface area contributed by atoms with E-state index in [4.69, 9.17) is 5.73 Å². The zero-order valence-electron chi connectivity index (χ0n) is 11.6. The van der Waals surface area contributed by atoms with Crippen LogP contribution in [0.2, 0.25) is 0 Å². The van der Waals surface area contributed by atoms with Gasteiger partial charge in [-0.25, -0.2) is 4.98 Å². The third kappa shape index (κ3) is 3.95. The summed E-state index contributed by atoms with van der Waals surface area (Å²) in [6.07, 6.45) is 1.53. The summed E-state index contributed by atoms with van der Waals surface area (Å²) < 4.78 is 0. The molecule has 1 heterocycles. The van der Waals surface area contributed by atoms with E-state index in [-0.39, 0.29) is 5.56 Å². The van der Waals surface area contributed by atoms with Crippen molar-refractivity contribution in [2.24, 2.45) is 5.73 Å². The maximum absolute atomic E-state index is 12.2. The fourth-order valence-electron chi connectivity index (χ4n) is 1.91. The molecule has 0 amide bonds. The highest BCUT2D eigenvalue weighted by atomic mass is 32.2. The monoisotopic (exact) mass is 289 g/mol. The van der Waals surface area contributed by atoms with E-state index in [1.807, 2.05) is 37.3 Å². The van der Waals surface area contributed by atoms with Crippen LogP contribution in [0.25, 0.3) is 0 Å². The second-order valence-corrected chi connectivity index (χ2v) is 5.67. The predicted octanol–water partition coefficient (Wildman–Crippen LogP) is 2.11. The number of rotatable bonds is 6. The largest absolute Gasteiger partial charge is 0.330 e. The van der Waals surface area contributed by atoms with Crippen LogP contribution in [0.1, 0.15) is 23.2 Å². The van der Waals surface area contributed by atoms with E-state index in [0.29, 0.717) is 18.1 Å². The summed E-state index contributed by atoms with van der Waals surface area (Å²) >= 11 is 1.54. The number of benzene rings is 1. The molecule has 4 nitrogen and oxygen atoms in total. The lowest BCUT2D eigenvalue weighted by Crippen LogP contribution is -2.17. The summed E-state index contributed by atoms with van der Waals surface area (Å²) in [5.41, 5.74) is 8.06. The van der Waals surface area contributed by atoms with E-state index in [9.17, 15) is 4.79 Å². The summed E-state index contributed by atoms with van der Waals surface area (Å²) in [6, 6.07) is 9.95. The molecule has 3 N–H and O–H groups in total. The maximum atomic E-state index is 12.2. The summed E-state index contributed by atoms with van der Waals surface area (Å²) in [6.45, 7) is 2.54. The van der Waals surface area contributed by atoms with Crippen LogP contribution in [-0.4, -0.2) is 22.3 Å². The normalized spacial score (nSPS) is 10.7. The zero-order valence-corrected chi connectivity index (χ0v) is 12.4. The van der Waals surface area contributed by atoms with Crippen LogP contribution in [0, 0.1) is 6.92 Å². The SMILES string of the molecule is Cc1nc(SCCCN)[nH]c(=O)c1Cc1ccccc1. The number of H-pyrrole nitrogens is 1. The van der Waals surface area contributed by atoms with Crippen LogP contribution >= 0.6 is 11.8 Å². The van der Waals surface area contributed by atoms with Crippen molar-refractivity contribution in [1.29, 1.82) is 0 Å². The van der Waals surface area contributed by atoms with Crippen molar-refractivity contribution in [3.05, 3.63) is 57.5 Å². The number of thioether (sulfide) groups is 1. The summed E-state index contributed by atoms with van der Waals surface area (Å²) in [5, 5.41) is 0.678. The molecule has 0 saturated carbocycles. The van der Waals surface area contributed by atoms with Crippen molar-refractivity contribution in [2.45, 2.75) is 24.9 Å². The Kier molecular flexibility index (Phi) is 5.38. The molecule has 2 rings (SSSR count). The minimum Gasteiger partial charge on any atom is -0.330 e. The molecule has 106 valence electrons. The Morgan fingerprint density at radius 1 is 1.30 bits per heavy atom. The highest BCUT2D eigenvalue weighted by Gasteiger charge is 2.09. The van der Waals surface area contributed by atoms with Gasteiger partial charge in [-0.2, -0.15) is 0 Å². The lowest BCUT2D eigenvalue weighted by molar-refractivity contribution is 0.861. The van der Waals surface area contributed by atoms with E-state index in [1.54, 1.807) is 11.8 Å². The summed E-state index contributed by atoms with van der Waals surface area (Å²) in [4.78, 5) is 19.5. The van der Waals surface area contributed by atoms with Crippen molar-refractivity contribution in [3.63, 3.8) is 0 Å². The molecule has 2 aromatic rings. The van der Waals surface area contributed by atoms with Crippen molar-refractivity contribution in [1.82, 2.24) is 9.97 Å². The molecule has 0 aliphatic carbocycles. The van der Waals surface area contributed by atoms with Gasteiger partial charge in [-0.05, 0) is 25.5 Å². The van der Waals surface area contributed by atoms with Gasteiger partial charge in [-0.3, -0.25) is 4.79 Å². The Bertz CT molecular complexity index is 610. The van der Waals surface area contributed by atoms with Crippen LogP contribution in [0.4, 0.5) is 0 Å². The quantitative estimate of drug-likeness (QED) is 0.485. The van der Waals surface area contributed by atoms with Crippen molar-refractivity contribution >= 4 is 11.8 Å². The molecular weight excluding hydrogens is 270 g/mol. The first-order valence-corrected chi connectivity index (χ1v) is 7.66. The minimum absolute atomic E-state index is 0.0448. The summed E-state index contributed by atoms with van der Waals surface area (Å²) in [7, 11) is 0. The van der Waals surface area contributed by atoms with E-state index < -0.39 is 0 Å². The van der Waals surface area contributed by atoms with Crippen molar-refractivity contribution in [3.8, 4) is 0 Å². The van der Waals surface area contributed by atoms with Gasteiger partial charge in [0, 0.05) is 23.4 Å². The minimum atomic E-state index is -0.0448. The number of aryl methyl sites for hydroxylation is 1. The van der Waals surface area contributed by atoms with Gasteiger partial charge in [0.2, 0.25) is 0 Å². The lowest BCUT2D eigenvalue weighted by Gasteiger charge is -2.07. The Balaban J connectivity index is 2.17. The molecular formula is C15H19N3OS. The van der Waals surface area contributed by atoms with E-state index >= 15 is 0 Å². The van der Waals surface area contributed by atoms with Crippen LogP contribution in [0.5, 0.6) is 0 Å². The smallest absolute Gasteiger partial charge is 0.255 e. The Morgan fingerprint density at radius 3 is 2.70 bits per heavy atom. The second-order valence-electron chi connectivity index (χ2n) is 4.59. The average Bonchev–Trinajstić information content (AvgIpc) is 2.44. The molecule has 20 heavy (non-hydrogen) atoms. The van der Waals surface area contributed by atoms with E-state index in [1.165, 1.54) is 0 Å². The number of hydrogen-bond donors (Lipinski definition) is 2. The number of aromatic nitrogens is 2. The first kappa shape index (κ1) is 14.8. The highest BCUT2D eigenvalue weighted by molar-refractivity contribution is 7.99. The van der Waals surface area contributed by atoms with Gasteiger partial charge < -0.3 is 10.7 Å². The zero-order chi connectivity index (χ0) is 14.4. The molecule has 0 saturated heterocycles. The van der Waals surface area contributed by atoms with Gasteiger partial charge in [0.25, 0.3) is 5.56 Å². The molecule has 5 heteroatoms. The molecule has 0 bridgehead atoms. The van der Waals surface area contributed by atoms with Crippen LogP contribution in [0.3, 0.4) is 0 Å². The van der Waals surface area contributed by atoms with Crippen molar-refractivity contribution in [2.75, 3.05) is 12.3 Å². The predicted molar refractivity (Wildman–Crippen MR) is 83.2 cm³/mol. The molecule has 0 aliphatic rings. The van der Waals surface area contributed by atoms with Crippen LogP contribution < -0.4 is 11.3 Å². The third-order valence-corrected chi connectivity index (χ3v) is 3.97. The lowest BCUT2D eigenvalue weighted by atomic mass is 10.1. The fourth-order valence-corrected chi connectivity index (χ4v) is 2.78. The fraction of sp³-hybridized carbons (Fsp3) is 0.333. The maximum Gasteiger partial charge on any atom is 0.255 e. The molecule has 1 aromatic carbocycles. The first-order chi connectivity index (χ1) is 9.70. The van der Waals surface area contributed by atoms with Gasteiger partial charge >= 0.3 is 0 Å². The molecule has 0 atom stereocenters. The van der Waals surface area contributed by atoms with Crippen LogP contribution in [-0.2, 0) is 6.42 Å². The topological polar surface area (TPSA) is 71.8 Å².